The summed E-state index contributed by atoms with van der Waals surface area (Å²) >= 11 is 0. The fourth-order valence-corrected chi connectivity index (χ4v) is 3.70. The highest BCUT2D eigenvalue weighted by atomic mass is 35.5. The minimum Gasteiger partial charge on any atom is -0.496 e. The largest absolute Gasteiger partial charge is 0.496 e. The van der Waals surface area contributed by atoms with Crippen molar-refractivity contribution >= 4 is 29.8 Å². The molecule has 0 saturated carbocycles. The smallest absolute Gasteiger partial charge is 0.257 e. The van der Waals surface area contributed by atoms with Crippen LogP contribution in [0.3, 0.4) is 0 Å². The third-order valence-corrected chi connectivity index (χ3v) is 5.28. The summed E-state index contributed by atoms with van der Waals surface area (Å²) in [6.45, 7) is 6.11. The van der Waals surface area contributed by atoms with Crippen LogP contribution in [0.1, 0.15) is 29.3 Å². The molecule has 2 heterocycles. The van der Waals surface area contributed by atoms with E-state index in [-0.39, 0.29) is 18.3 Å². The average molecular weight is 459 g/mol. The van der Waals surface area contributed by atoms with E-state index >= 15 is 0 Å². The summed E-state index contributed by atoms with van der Waals surface area (Å²) in [4.78, 5) is 21.9. The Morgan fingerprint density at radius 2 is 2.06 bits per heavy atom. The minimum absolute atomic E-state index is 0. The van der Waals surface area contributed by atoms with E-state index in [0.29, 0.717) is 29.2 Å². The molecule has 0 bridgehead atoms. The number of amides is 1. The molecule has 2 N–H and O–H groups in total. The molecular weight excluding hydrogens is 428 g/mol. The topological polar surface area (TPSA) is 93.5 Å². The number of carbonyl (C=O) groups is 1. The number of pyridine rings is 1. The molecule has 0 atom stereocenters. The molecule has 1 saturated heterocycles. The van der Waals surface area contributed by atoms with Gasteiger partial charge in [0, 0.05) is 57.9 Å². The van der Waals surface area contributed by atoms with Crippen molar-refractivity contribution in [1.82, 2.24) is 15.2 Å². The van der Waals surface area contributed by atoms with E-state index in [1.165, 1.54) is 0 Å². The minimum atomic E-state index is -0.135. The molecule has 1 fully saturated rings. The standard InChI is InChI=1S/C23H30N6O2.ClH/c1-5-8-26-22-21(23(30)28(2)3)20(17-7-6-16(14-24)13-19(17)31-4)18(15-27-22)29-11-9-25-10-12-29;/h6-7,13,15,25H,5,8-12H2,1-4H3,(H,26,27);1H. The van der Waals surface area contributed by atoms with Crippen LogP contribution >= 0.6 is 12.4 Å². The number of aromatic nitrogens is 1. The van der Waals surface area contributed by atoms with Gasteiger partial charge in [0.25, 0.3) is 5.91 Å². The fourth-order valence-electron chi connectivity index (χ4n) is 3.70. The van der Waals surface area contributed by atoms with E-state index in [2.05, 4.69) is 33.5 Å². The Hall–Kier alpha value is -3.02. The number of rotatable bonds is 7. The number of anilines is 2. The second kappa shape index (κ2) is 11.6. The molecule has 0 aliphatic carbocycles. The Bertz CT molecular complexity index is 983. The Labute approximate surface area is 196 Å². The monoisotopic (exact) mass is 458 g/mol. The van der Waals surface area contributed by atoms with Gasteiger partial charge in [0.15, 0.2) is 0 Å². The number of piperazine rings is 1. The maximum atomic E-state index is 13.4. The van der Waals surface area contributed by atoms with E-state index in [0.717, 1.165) is 49.4 Å². The molecule has 1 aliphatic heterocycles. The zero-order valence-corrected chi connectivity index (χ0v) is 19.9. The molecule has 32 heavy (non-hydrogen) atoms. The first-order valence-corrected chi connectivity index (χ1v) is 10.5. The van der Waals surface area contributed by atoms with Crippen LogP contribution in [-0.4, -0.2) is 69.7 Å². The van der Waals surface area contributed by atoms with Crippen LogP contribution in [-0.2, 0) is 0 Å². The first-order chi connectivity index (χ1) is 15.0. The van der Waals surface area contributed by atoms with E-state index in [9.17, 15) is 10.1 Å². The van der Waals surface area contributed by atoms with Gasteiger partial charge in [0.2, 0.25) is 0 Å². The van der Waals surface area contributed by atoms with Gasteiger partial charge in [-0.15, -0.1) is 12.4 Å². The lowest BCUT2D eigenvalue weighted by molar-refractivity contribution is 0.0829. The maximum Gasteiger partial charge on any atom is 0.257 e. The zero-order valence-electron chi connectivity index (χ0n) is 19.1. The lowest BCUT2D eigenvalue weighted by atomic mass is 9.95. The van der Waals surface area contributed by atoms with Crippen molar-refractivity contribution in [1.29, 1.82) is 5.26 Å². The lowest BCUT2D eigenvalue weighted by Gasteiger charge is -2.32. The molecule has 9 heteroatoms. The van der Waals surface area contributed by atoms with Gasteiger partial charge in [-0.1, -0.05) is 6.92 Å². The van der Waals surface area contributed by atoms with Gasteiger partial charge in [-0.05, 0) is 24.6 Å². The van der Waals surface area contributed by atoms with Gasteiger partial charge in [-0.3, -0.25) is 4.79 Å². The van der Waals surface area contributed by atoms with Gasteiger partial charge >= 0.3 is 0 Å². The van der Waals surface area contributed by atoms with Crippen LogP contribution in [0.15, 0.2) is 24.4 Å². The number of nitriles is 1. The first kappa shape index (κ1) is 25.2. The number of hydrogen-bond donors (Lipinski definition) is 2. The van der Waals surface area contributed by atoms with Crippen LogP contribution in [0, 0.1) is 11.3 Å². The van der Waals surface area contributed by atoms with E-state index < -0.39 is 0 Å². The number of hydrogen-bond acceptors (Lipinski definition) is 7. The van der Waals surface area contributed by atoms with Crippen LogP contribution in [0.5, 0.6) is 5.75 Å². The number of nitrogens with one attached hydrogen (secondary N) is 2. The van der Waals surface area contributed by atoms with Crippen molar-refractivity contribution < 1.29 is 9.53 Å². The van der Waals surface area contributed by atoms with Crippen LogP contribution in [0.25, 0.3) is 11.1 Å². The highest BCUT2D eigenvalue weighted by molar-refractivity contribution is 6.08. The molecule has 3 rings (SSSR count). The summed E-state index contributed by atoms with van der Waals surface area (Å²) in [5, 5.41) is 16.0. The van der Waals surface area contributed by atoms with Gasteiger partial charge in [-0.2, -0.15) is 5.26 Å². The molecular formula is C23H31ClN6O2. The molecule has 172 valence electrons. The zero-order chi connectivity index (χ0) is 22.4. The highest BCUT2D eigenvalue weighted by Crippen LogP contribution is 2.42. The number of ether oxygens (including phenoxy) is 1. The Morgan fingerprint density at radius 1 is 1.34 bits per heavy atom. The number of methoxy groups -OCH3 is 1. The molecule has 1 aromatic heterocycles. The summed E-state index contributed by atoms with van der Waals surface area (Å²) < 4.78 is 5.65. The van der Waals surface area contributed by atoms with Gasteiger partial charge < -0.3 is 25.2 Å². The van der Waals surface area contributed by atoms with Gasteiger partial charge in [0.1, 0.15) is 11.6 Å². The Balaban J connectivity index is 0.00000363. The predicted octanol–water partition coefficient (Wildman–Crippen LogP) is 2.98. The van der Waals surface area contributed by atoms with Crippen molar-refractivity contribution in [2.75, 3.05) is 64.1 Å². The fraction of sp³-hybridized carbons (Fsp3) is 0.435. The second-order valence-corrected chi connectivity index (χ2v) is 7.63. The highest BCUT2D eigenvalue weighted by Gasteiger charge is 2.28. The maximum absolute atomic E-state index is 13.4. The Morgan fingerprint density at radius 3 is 2.66 bits per heavy atom. The second-order valence-electron chi connectivity index (χ2n) is 7.63. The molecule has 8 nitrogen and oxygen atoms in total. The summed E-state index contributed by atoms with van der Waals surface area (Å²) in [6, 6.07) is 7.47. The summed E-state index contributed by atoms with van der Waals surface area (Å²) in [6.07, 6.45) is 2.75. The molecule has 1 aliphatic rings. The predicted molar refractivity (Wildman–Crippen MR) is 130 cm³/mol. The first-order valence-electron chi connectivity index (χ1n) is 10.5. The van der Waals surface area contributed by atoms with Crippen LogP contribution in [0.4, 0.5) is 11.5 Å². The Kier molecular flexibility index (Phi) is 9.12. The number of nitrogens with zero attached hydrogens (tertiary/aromatic N) is 4. The van der Waals surface area contributed by atoms with Crippen molar-refractivity contribution in [2.24, 2.45) is 0 Å². The van der Waals surface area contributed by atoms with E-state index in [4.69, 9.17) is 4.74 Å². The van der Waals surface area contributed by atoms with Gasteiger partial charge in [0.05, 0.1) is 36.2 Å². The normalized spacial score (nSPS) is 13.0. The third kappa shape index (κ3) is 5.23. The number of halogens is 1. The number of carbonyl (C=O) groups excluding carboxylic acids is 1. The molecule has 0 spiro atoms. The van der Waals surface area contributed by atoms with Crippen LogP contribution in [0.2, 0.25) is 0 Å². The SMILES string of the molecule is CCCNc1ncc(N2CCNCC2)c(-c2ccc(C#N)cc2OC)c1C(=O)N(C)C.Cl. The summed E-state index contributed by atoms with van der Waals surface area (Å²) in [5.41, 5.74) is 3.44. The van der Waals surface area contributed by atoms with Crippen molar-refractivity contribution in [2.45, 2.75) is 13.3 Å². The molecule has 1 amide bonds. The van der Waals surface area contributed by atoms with E-state index in [1.807, 2.05) is 12.3 Å². The third-order valence-electron chi connectivity index (χ3n) is 5.28. The average Bonchev–Trinajstić information content (AvgIpc) is 2.81. The summed E-state index contributed by atoms with van der Waals surface area (Å²) in [5.74, 6) is 0.973. The molecule has 0 unspecified atom stereocenters. The van der Waals surface area contributed by atoms with Crippen molar-refractivity contribution in [3.8, 4) is 22.9 Å². The summed E-state index contributed by atoms with van der Waals surface area (Å²) in [7, 11) is 5.06. The van der Waals surface area contributed by atoms with Crippen molar-refractivity contribution in [3.05, 3.63) is 35.5 Å². The van der Waals surface area contributed by atoms with Crippen LogP contribution < -0.4 is 20.3 Å². The lowest BCUT2D eigenvalue weighted by Crippen LogP contribution is -2.44. The van der Waals surface area contributed by atoms with Crippen molar-refractivity contribution in [3.63, 3.8) is 0 Å². The quantitative estimate of drug-likeness (QED) is 0.658. The van der Waals surface area contributed by atoms with Gasteiger partial charge in [-0.25, -0.2) is 4.98 Å². The van der Waals surface area contributed by atoms with E-state index in [1.54, 1.807) is 38.2 Å². The molecule has 1 aromatic carbocycles. The molecule has 0 radical (unpaired) electrons. The molecule has 2 aromatic rings. The number of benzene rings is 1.